The van der Waals surface area contributed by atoms with Gasteiger partial charge in [-0.1, -0.05) is 0 Å². The number of primary sulfonamides is 1. The Kier molecular flexibility index (Phi) is 5.76. The van der Waals surface area contributed by atoms with E-state index in [-0.39, 0.29) is 8.96 Å². The van der Waals surface area contributed by atoms with Gasteiger partial charge in [-0.3, -0.25) is 4.99 Å². The van der Waals surface area contributed by atoms with Crippen molar-refractivity contribution in [3.05, 3.63) is 17.0 Å². The molecule has 0 aliphatic carbocycles. The average Bonchev–Trinajstić information content (AvgIpc) is 3.08. The molecule has 0 spiro atoms. The lowest BCUT2D eigenvalue weighted by atomic mass is 10.1. The minimum absolute atomic E-state index is 0.183. The third-order valence-corrected chi connectivity index (χ3v) is 7.56. The highest BCUT2D eigenvalue weighted by Crippen LogP contribution is 2.36. The number of thiophene rings is 1. The Hall–Kier alpha value is -0.770. The molecule has 2 rings (SSSR count). The van der Waals surface area contributed by atoms with Crippen LogP contribution in [0.5, 0.6) is 0 Å². The zero-order valence-corrected chi connectivity index (χ0v) is 15.2. The van der Waals surface area contributed by atoms with E-state index in [1.807, 2.05) is 11.8 Å². The van der Waals surface area contributed by atoms with E-state index in [0.717, 1.165) is 17.4 Å². The lowest BCUT2D eigenvalue weighted by molar-refractivity contribution is 0.585. The van der Waals surface area contributed by atoms with Gasteiger partial charge in [-0.05, 0) is 37.7 Å². The first kappa shape index (κ1) is 17.6. The van der Waals surface area contributed by atoms with Gasteiger partial charge in [-0.25, -0.2) is 13.6 Å². The van der Waals surface area contributed by atoms with Gasteiger partial charge in [0.15, 0.2) is 5.96 Å². The van der Waals surface area contributed by atoms with Crippen molar-refractivity contribution in [2.45, 2.75) is 35.3 Å². The van der Waals surface area contributed by atoms with E-state index in [9.17, 15) is 8.42 Å². The van der Waals surface area contributed by atoms with E-state index in [4.69, 9.17) is 5.14 Å². The smallest absolute Gasteiger partial charge is 0.247 e. The summed E-state index contributed by atoms with van der Waals surface area (Å²) in [5, 5.41) is 11.6. The molecule has 1 aliphatic heterocycles. The van der Waals surface area contributed by atoms with Crippen LogP contribution in [0.25, 0.3) is 0 Å². The van der Waals surface area contributed by atoms with Crippen LogP contribution in [-0.4, -0.2) is 38.5 Å². The van der Waals surface area contributed by atoms with Gasteiger partial charge in [0.25, 0.3) is 0 Å². The summed E-state index contributed by atoms with van der Waals surface area (Å²) in [5.74, 6) is 1.94. The van der Waals surface area contributed by atoms with Gasteiger partial charge in [-0.15, -0.1) is 11.3 Å². The molecule has 1 unspecified atom stereocenters. The van der Waals surface area contributed by atoms with E-state index >= 15 is 0 Å². The second kappa shape index (κ2) is 7.20. The second-order valence-electron chi connectivity index (χ2n) is 5.45. The van der Waals surface area contributed by atoms with E-state index < -0.39 is 10.0 Å². The van der Waals surface area contributed by atoms with Gasteiger partial charge in [0, 0.05) is 23.2 Å². The summed E-state index contributed by atoms with van der Waals surface area (Å²) in [6.45, 7) is 3.65. The number of thioether (sulfide) groups is 1. The van der Waals surface area contributed by atoms with Gasteiger partial charge in [0.1, 0.15) is 4.21 Å². The SMILES string of the molecule is CN=C(NCc1ccc(S(N)(=O)=O)s1)NCC1(C)CCCS1. The Balaban J connectivity index is 1.85. The topological polar surface area (TPSA) is 96.6 Å². The highest BCUT2D eigenvalue weighted by molar-refractivity contribution is 8.00. The first-order valence-corrected chi connectivity index (χ1v) is 10.4. The molecule has 0 radical (unpaired) electrons. The normalized spacial score (nSPS) is 22.8. The molecule has 4 N–H and O–H groups in total. The fourth-order valence-corrected chi connectivity index (χ4v) is 5.21. The molecular weight excluding hydrogens is 340 g/mol. The zero-order chi connectivity index (χ0) is 16.2. The van der Waals surface area contributed by atoms with Crippen molar-refractivity contribution in [1.29, 1.82) is 0 Å². The predicted molar refractivity (Wildman–Crippen MR) is 94.0 cm³/mol. The van der Waals surface area contributed by atoms with Crippen molar-refractivity contribution in [1.82, 2.24) is 10.6 Å². The Bertz CT molecular complexity index is 633. The Morgan fingerprint density at radius 2 is 2.23 bits per heavy atom. The number of nitrogens with two attached hydrogens (primary N) is 1. The summed E-state index contributed by atoms with van der Waals surface area (Å²) in [6.07, 6.45) is 2.48. The van der Waals surface area contributed by atoms with Crippen LogP contribution in [0.2, 0.25) is 0 Å². The van der Waals surface area contributed by atoms with Crippen molar-refractivity contribution < 1.29 is 8.42 Å². The molecule has 124 valence electrons. The molecule has 6 nitrogen and oxygen atoms in total. The van der Waals surface area contributed by atoms with E-state index in [0.29, 0.717) is 6.54 Å². The number of nitrogens with one attached hydrogen (secondary N) is 2. The summed E-state index contributed by atoms with van der Waals surface area (Å²) in [7, 11) is -1.89. The molecule has 22 heavy (non-hydrogen) atoms. The predicted octanol–water partition coefficient (Wildman–Crippen LogP) is 1.35. The molecular formula is C13H22N4O2S3. The van der Waals surface area contributed by atoms with Crippen LogP contribution in [0.3, 0.4) is 0 Å². The van der Waals surface area contributed by atoms with Gasteiger partial charge >= 0.3 is 0 Å². The fourth-order valence-electron chi connectivity index (χ4n) is 2.24. The van der Waals surface area contributed by atoms with E-state index in [1.54, 1.807) is 13.1 Å². The molecule has 1 aliphatic rings. The van der Waals surface area contributed by atoms with Crippen molar-refractivity contribution >= 4 is 39.1 Å². The summed E-state index contributed by atoms with van der Waals surface area (Å²) in [5.41, 5.74) is 0. The standard InChI is InChI=1S/C13H22N4O2S3/c1-13(6-3-7-20-13)9-17-12(15-2)16-8-10-4-5-11(21-10)22(14,18)19/h4-5H,3,6-9H2,1-2H3,(H2,14,18,19)(H2,15,16,17). The number of nitrogens with zero attached hydrogens (tertiary/aromatic N) is 1. The minimum Gasteiger partial charge on any atom is -0.355 e. The molecule has 0 amide bonds. The third kappa shape index (κ3) is 4.87. The van der Waals surface area contributed by atoms with Crippen LogP contribution in [-0.2, 0) is 16.6 Å². The minimum atomic E-state index is -3.61. The molecule has 1 saturated heterocycles. The van der Waals surface area contributed by atoms with Crippen LogP contribution in [0.15, 0.2) is 21.3 Å². The molecule has 0 saturated carbocycles. The molecule has 1 atom stereocenters. The van der Waals surface area contributed by atoms with Crippen LogP contribution in [0, 0.1) is 0 Å². The zero-order valence-electron chi connectivity index (χ0n) is 12.8. The Morgan fingerprint density at radius 1 is 1.45 bits per heavy atom. The van der Waals surface area contributed by atoms with Crippen LogP contribution < -0.4 is 15.8 Å². The maximum absolute atomic E-state index is 11.3. The van der Waals surface area contributed by atoms with Crippen molar-refractivity contribution in [3.8, 4) is 0 Å². The first-order valence-electron chi connectivity index (χ1n) is 7.02. The summed E-state index contributed by atoms with van der Waals surface area (Å²) in [6, 6.07) is 3.29. The highest BCUT2D eigenvalue weighted by Gasteiger charge is 2.29. The van der Waals surface area contributed by atoms with Crippen LogP contribution >= 0.6 is 23.1 Å². The molecule has 9 heteroatoms. The van der Waals surface area contributed by atoms with Gasteiger partial charge in [0.05, 0.1) is 6.54 Å². The van der Waals surface area contributed by atoms with Crippen molar-refractivity contribution in [2.75, 3.05) is 19.3 Å². The molecule has 2 heterocycles. The third-order valence-electron chi connectivity index (χ3n) is 3.50. The number of sulfonamides is 1. The first-order chi connectivity index (χ1) is 10.3. The summed E-state index contributed by atoms with van der Waals surface area (Å²) in [4.78, 5) is 5.09. The summed E-state index contributed by atoms with van der Waals surface area (Å²) >= 11 is 3.17. The molecule has 1 aromatic heterocycles. The van der Waals surface area contributed by atoms with E-state index in [2.05, 4.69) is 22.5 Å². The van der Waals surface area contributed by atoms with Crippen LogP contribution in [0.4, 0.5) is 0 Å². The molecule has 1 aromatic rings. The Morgan fingerprint density at radius 3 is 2.77 bits per heavy atom. The number of aliphatic imine (C=N–C) groups is 1. The van der Waals surface area contributed by atoms with Crippen LogP contribution in [0.1, 0.15) is 24.6 Å². The van der Waals surface area contributed by atoms with Gasteiger partial charge in [0.2, 0.25) is 10.0 Å². The van der Waals surface area contributed by atoms with E-state index in [1.165, 1.54) is 36.0 Å². The Labute approximate surface area is 140 Å². The maximum atomic E-state index is 11.3. The maximum Gasteiger partial charge on any atom is 0.247 e. The van der Waals surface area contributed by atoms with Gasteiger partial charge < -0.3 is 10.6 Å². The van der Waals surface area contributed by atoms with Gasteiger partial charge in [-0.2, -0.15) is 11.8 Å². The average molecular weight is 363 g/mol. The van der Waals surface area contributed by atoms with Crippen molar-refractivity contribution in [3.63, 3.8) is 0 Å². The number of hydrogen-bond donors (Lipinski definition) is 3. The number of hydrogen-bond acceptors (Lipinski definition) is 5. The molecule has 1 fully saturated rings. The highest BCUT2D eigenvalue weighted by atomic mass is 32.2. The lowest BCUT2D eigenvalue weighted by Crippen LogP contribution is -2.43. The second-order valence-corrected chi connectivity index (χ2v) is 10.1. The lowest BCUT2D eigenvalue weighted by Gasteiger charge is -2.24. The quantitative estimate of drug-likeness (QED) is 0.543. The summed E-state index contributed by atoms with van der Waals surface area (Å²) < 4.78 is 23.0. The molecule has 0 aromatic carbocycles. The monoisotopic (exact) mass is 362 g/mol. The number of rotatable bonds is 5. The molecule has 0 bridgehead atoms. The largest absolute Gasteiger partial charge is 0.355 e. The van der Waals surface area contributed by atoms with Crippen molar-refractivity contribution in [2.24, 2.45) is 10.1 Å². The fraction of sp³-hybridized carbons (Fsp3) is 0.615. The number of guanidine groups is 1.